The van der Waals surface area contributed by atoms with E-state index in [1.54, 1.807) is 21.1 Å². The zero-order chi connectivity index (χ0) is 22.8. The number of nitrogens with zero attached hydrogens (tertiary/aromatic N) is 1. The quantitative estimate of drug-likeness (QED) is 0.577. The molecular weight excluding hydrogens is 404 g/mol. The van der Waals surface area contributed by atoms with E-state index in [-0.39, 0.29) is 17.6 Å². The highest BCUT2D eigenvalue weighted by Crippen LogP contribution is 2.36. The molecule has 0 aliphatic carbocycles. The predicted octanol–water partition coefficient (Wildman–Crippen LogP) is 4.86. The number of rotatable bonds is 7. The van der Waals surface area contributed by atoms with Crippen LogP contribution in [0.5, 0.6) is 11.5 Å². The second-order valence-corrected chi connectivity index (χ2v) is 8.47. The second-order valence-electron chi connectivity index (χ2n) is 8.47. The van der Waals surface area contributed by atoms with E-state index >= 15 is 0 Å². The van der Waals surface area contributed by atoms with Gasteiger partial charge in [-0.05, 0) is 67.6 Å². The Hall–Kier alpha value is -3.28. The van der Waals surface area contributed by atoms with Crippen LogP contribution in [-0.2, 0) is 11.2 Å². The first-order chi connectivity index (χ1) is 15.4. The van der Waals surface area contributed by atoms with Crippen molar-refractivity contribution >= 4 is 22.6 Å². The third kappa shape index (κ3) is 4.09. The maximum absolute atomic E-state index is 13.2. The van der Waals surface area contributed by atoms with Gasteiger partial charge < -0.3 is 24.2 Å². The number of H-pyrrole nitrogens is 1. The van der Waals surface area contributed by atoms with Crippen molar-refractivity contribution in [1.82, 2.24) is 9.88 Å². The average Bonchev–Trinajstić information content (AvgIpc) is 3.41. The van der Waals surface area contributed by atoms with Crippen molar-refractivity contribution in [2.75, 3.05) is 27.3 Å². The second kappa shape index (κ2) is 9.07. The first-order valence-electron chi connectivity index (χ1n) is 11.1. The van der Waals surface area contributed by atoms with E-state index in [0.717, 1.165) is 40.6 Å². The lowest BCUT2D eigenvalue weighted by atomic mass is 10.0. The third-order valence-electron chi connectivity index (χ3n) is 6.33. The standard InChI is InChI=1S/C26H30N2O4/c1-5-20-21-13-19(26(30)28-11-10-17(15-28)12-16(2)29)6-8-22(21)27-25(20)18-7-9-23(31-3)24(14-18)32-4/h6-9,13-14,17,27H,5,10-12,15H2,1-4H3. The first-order valence-corrected chi connectivity index (χ1v) is 11.1. The van der Waals surface area contributed by atoms with E-state index in [4.69, 9.17) is 9.47 Å². The van der Waals surface area contributed by atoms with Gasteiger partial charge in [-0.1, -0.05) is 6.92 Å². The van der Waals surface area contributed by atoms with Crippen LogP contribution in [0.4, 0.5) is 0 Å². The van der Waals surface area contributed by atoms with Crippen LogP contribution < -0.4 is 9.47 Å². The number of aromatic amines is 1. The fraction of sp³-hybridized carbons (Fsp3) is 0.385. The molecule has 1 amide bonds. The number of Topliss-reactive ketones (excluding diaryl/α,β-unsaturated/α-hetero) is 1. The van der Waals surface area contributed by atoms with Gasteiger partial charge in [-0.25, -0.2) is 0 Å². The number of carbonyl (C=O) groups excluding carboxylic acids is 2. The molecule has 1 aliphatic rings. The summed E-state index contributed by atoms with van der Waals surface area (Å²) in [7, 11) is 3.25. The Labute approximate surface area is 188 Å². The lowest BCUT2D eigenvalue weighted by Crippen LogP contribution is -2.28. The summed E-state index contributed by atoms with van der Waals surface area (Å²) in [5, 5.41) is 1.06. The summed E-state index contributed by atoms with van der Waals surface area (Å²) < 4.78 is 10.8. The average molecular weight is 435 g/mol. The van der Waals surface area contributed by atoms with Crippen molar-refractivity contribution in [3.05, 3.63) is 47.5 Å². The van der Waals surface area contributed by atoms with E-state index < -0.39 is 0 Å². The Morgan fingerprint density at radius 3 is 2.56 bits per heavy atom. The van der Waals surface area contributed by atoms with Crippen LogP contribution in [0.15, 0.2) is 36.4 Å². The molecule has 6 nitrogen and oxygen atoms in total. The van der Waals surface area contributed by atoms with Crippen molar-refractivity contribution in [2.45, 2.75) is 33.1 Å². The number of nitrogens with one attached hydrogen (secondary N) is 1. The molecule has 0 saturated carbocycles. The van der Waals surface area contributed by atoms with Gasteiger partial charge in [0.15, 0.2) is 11.5 Å². The third-order valence-corrected chi connectivity index (χ3v) is 6.33. The minimum atomic E-state index is 0.0360. The number of hydrogen-bond donors (Lipinski definition) is 1. The Bertz CT molecular complexity index is 1160. The summed E-state index contributed by atoms with van der Waals surface area (Å²) in [4.78, 5) is 30.0. The highest BCUT2D eigenvalue weighted by Gasteiger charge is 2.28. The number of fused-ring (bicyclic) bond motifs is 1. The summed E-state index contributed by atoms with van der Waals surface area (Å²) >= 11 is 0. The van der Waals surface area contributed by atoms with E-state index in [2.05, 4.69) is 11.9 Å². The number of carbonyl (C=O) groups is 2. The smallest absolute Gasteiger partial charge is 0.253 e. The molecule has 0 spiro atoms. The molecule has 168 valence electrons. The molecule has 1 fully saturated rings. The highest BCUT2D eigenvalue weighted by molar-refractivity contribution is 6.00. The molecule has 2 heterocycles. The van der Waals surface area contributed by atoms with Crippen LogP contribution in [0.25, 0.3) is 22.2 Å². The Balaban J connectivity index is 1.67. The lowest BCUT2D eigenvalue weighted by molar-refractivity contribution is -0.117. The Kier molecular flexibility index (Phi) is 6.21. The number of ketones is 1. The van der Waals surface area contributed by atoms with Crippen molar-refractivity contribution in [3.8, 4) is 22.8 Å². The van der Waals surface area contributed by atoms with Gasteiger partial charge in [0.05, 0.1) is 14.2 Å². The number of aryl methyl sites for hydroxylation is 1. The van der Waals surface area contributed by atoms with Gasteiger partial charge in [0.1, 0.15) is 5.78 Å². The molecular formula is C26H30N2O4. The van der Waals surface area contributed by atoms with E-state index in [1.807, 2.05) is 41.3 Å². The summed E-state index contributed by atoms with van der Waals surface area (Å²) in [6.45, 7) is 5.10. The molecule has 0 bridgehead atoms. The highest BCUT2D eigenvalue weighted by atomic mass is 16.5. The molecule has 32 heavy (non-hydrogen) atoms. The molecule has 4 rings (SSSR count). The van der Waals surface area contributed by atoms with Gasteiger partial charge >= 0.3 is 0 Å². The van der Waals surface area contributed by atoms with Gasteiger partial charge in [0, 0.05) is 47.2 Å². The minimum Gasteiger partial charge on any atom is -0.493 e. The van der Waals surface area contributed by atoms with Crippen LogP contribution in [-0.4, -0.2) is 48.9 Å². The molecule has 1 N–H and O–H groups in total. The maximum atomic E-state index is 13.2. The zero-order valence-electron chi connectivity index (χ0n) is 19.2. The first kappa shape index (κ1) is 21.9. The van der Waals surface area contributed by atoms with Crippen molar-refractivity contribution in [1.29, 1.82) is 0 Å². The summed E-state index contributed by atoms with van der Waals surface area (Å²) in [5.41, 5.74) is 4.89. The fourth-order valence-corrected chi connectivity index (χ4v) is 4.76. The van der Waals surface area contributed by atoms with Gasteiger partial charge in [-0.2, -0.15) is 0 Å². The largest absolute Gasteiger partial charge is 0.493 e. The number of likely N-dealkylation sites (tertiary alicyclic amines) is 1. The van der Waals surface area contributed by atoms with Crippen LogP contribution in [0, 0.1) is 5.92 Å². The van der Waals surface area contributed by atoms with Crippen LogP contribution in [0.2, 0.25) is 0 Å². The lowest BCUT2D eigenvalue weighted by Gasteiger charge is -2.16. The van der Waals surface area contributed by atoms with Gasteiger partial charge in [0.25, 0.3) is 5.91 Å². The fourth-order valence-electron chi connectivity index (χ4n) is 4.76. The van der Waals surface area contributed by atoms with Crippen molar-refractivity contribution in [3.63, 3.8) is 0 Å². The molecule has 1 aromatic heterocycles. The van der Waals surface area contributed by atoms with E-state index in [9.17, 15) is 9.59 Å². The van der Waals surface area contributed by atoms with E-state index in [1.165, 1.54) is 0 Å². The van der Waals surface area contributed by atoms with Gasteiger partial charge in [-0.15, -0.1) is 0 Å². The summed E-state index contributed by atoms with van der Waals surface area (Å²) in [6, 6.07) is 11.7. The van der Waals surface area contributed by atoms with Crippen LogP contribution >= 0.6 is 0 Å². The van der Waals surface area contributed by atoms with Gasteiger partial charge in [-0.3, -0.25) is 4.79 Å². The van der Waals surface area contributed by atoms with Gasteiger partial charge in [0.2, 0.25) is 0 Å². The molecule has 3 aromatic rings. The zero-order valence-corrected chi connectivity index (χ0v) is 19.2. The van der Waals surface area contributed by atoms with Crippen molar-refractivity contribution < 1.29 is 19.1 Å². The summed E-state index contributed by atoms with van der Waals surface area (Å²) in [6.07, 6.45) is 2.27. The monoisotopic (exact) mass is 434 g/mol. The molecule has 0 radical (unpaired) electrons. The predicted molar refractivity (Wildman–Crippen MR) is 126 cm³/mol. The van der Waals surface area contributed by atoms with E-state index in [0.29, 0.717) is 36.6 Å². The number of amides is 1. The number of ether oxygens (including phenoxy) is 2. The van der Waals surface area contributed by atoms with Crippen LogP contribution in [0.3, 0.4) is 0 Å². The normalized spacial score (nSPS) is 15.9. The Morgan fingerprint density at radius 2 is 1.88 bits per heavy atom. The molecule has 6 heteroatoms. The number of benzene rings is 2. The topological polar surface area (TPSA) is 71.6 Å². The molecule has 1 saturated heterocycles. The maximum Gasteiger partial charge on any atom is 0.253 e. The van der Waals surface area contributed by atoms with Crippen molar-refractivity contribution in [2.24, 2.45) is 5.92 Å². The minimum absolute atomic E-state index is 0.0360. The summed E-state index contributed by atoms with van der Waals surface area (Å²) in [5.74, 6) is 1.86. The van der Waals surface area contributed by atoms with Crippen LogP contribution in [0.1, 0.15) is 42.6 Å². The SMILES string of the molecule is CCc1c(-c2ccc(OC)c(OC)c2)[nH]c2ccc(C(=O)N3CCC(CC(C)=O)C3)cc12. The number of hydrogen-bond acceptors (Lipinski definition) is 4. The Morgan fingerprint density at radius 1 is 1.09 bits per heavy atom. The molecule has 1 atom stereocenters. The number of aromatic nitrogens is 1. The molecule has 1 aliphatic heterocycles. The molecule has 2 aromatic carbocycles. The molecule has 1 unspecified atom stereocenters. The number of methoxy groups -OCH3 is 2.